The maximum absolute atomic E-state index is 13.0. The third-order valence-corrected chi connectivity index (χ3v) is 9.49. The van der Waals surface area contributed by atoms with Crippen molar-refractivity contribution in [3.63, 3.8) is 0 Å². The zero-order chi connectivity index (χ0) is 45.3. The molecule has 0 fully saturated rings. The molecule has 24 heteroatoms. The van der Waals surface area contributed by atoms with Gasteiger partial charge in [-0.05, 0) is 91.5 Å². The van der Waals surface area contributed by atoms with Crippen LogP contribution in [0.3, 0.4) is 0 Å². The van der Waals surface area contributed by atoms with Crippen LogP contribution in [0.15, 0.2) is 76.7 Å². The van der Waals surface area contributed by atoms with Crippen molar-refractivity contribution in [3.05, 3.63) is 132 Å². The smallest absolute Gasteiger partial charge is 0.431 e. The molecule has 0 saturated heterocycles. The van der Waals surface area contributed by atoms with Crippen LogP contribution in [0, 0.1) is 0 Å². The van der Waals surface area contributed by atoms with E-state index in [0.717, 1.165) is 14.1 Å². The fraction of sp³-hybridized carbons (Fsp3) is 0.278. The molecule has 0 radical (unpaired) electrons. The highest BCUT2D eigenvalue weighted by atomic mass is 79.9. The number of esters is 2. The largest absolute Gasteiger partial charge is 0.459 e. The second-order valence-electron chi connectivity index (χ2n) is 11.7. The van der Waals surface area contributed by atoms with E-state index in [-0.39, 0.29) is 67.9 Å². The Morgan fingerprint density at radius 3 is 1.25 bits per heavy atom. The maximum Gasteiger partial charge on any atom is 0.431 e. The topological polar surface area (TPSA) is 159 Å². The van der Waals surface area contributed by atoms with Gasteiger partial charge in [0, 0.05) is 50.5 Å². The van der Waals surface area contributed by atoms with Crippen LogP contribution in [0.25, 0.3) is 23.5 Å². The van der Waals surface area contributed by atoms with Crippen LogP contribution >= 0.6 is 55.1 Å². The third-order valence-electron chi connectivity index (χ3n) is 7.69. The van der Waals surface area contributed by atoms with Crippen molar-refractivity contribution in [1.82, 2.24) is 18.3 Å². The minimum Gasteiger partial charge on any atom is -0.459 e. The summed E-state index contributed by atoms with van der Waals surface area (Å²) in [7, 11) is 4.70. The summed E-state index contributed by atoms with van der Waals surface area (Å²) in [5.41, 5.74) is -7.07. The highest BCUT2D eigenvalue weighted by Crippen LogP contribution is 2.29. The molecule has 0 amide bonds. The minimum absolute atomic E-state index is 0.00896. The van der Waals surface area contributed by atoms with Crippen molar-refractivity contribution in [2.24, 2.45) is 14.1 Å². The van der Waals surface area contributed by atoms with Crippen LogP contribution < -0.4 is 22.5 Å². The Kier molecular flexibility index (Phi) is 17.5. The fourth-order valence-corrected chi connectivity index (χ4v) is 5.86. The molecule has 0 atom stereocenters. The zero-order valence-electron chi connectivity index (χ0n) is 31.3. The highest BCUT2D eigenvalue weighted by molar-refractivity contribution is 9.12. The molecule has 0 aliphatic rings. The molecule has 0 aliphatic carbocycles. The average Bonchev–Trinajstić information content (AvgIpc) is 3.16. The molecule has 2 heterocycles. The number of ether oxygens (including phenoxy) is 4. The van der Waals surface area contributed by atoms with Crippen molar-refractivity contribution >= 4 is 79.2 Å². The quantitative estimate of drug-likeness (QED) is 0.0686. The van der Waals surface area contributed by atoms with Crippen molar-refractivity contribution < 1.29 is 54.9 Å². The summed E-state index contributed by atoms with van der Waals surface area (Å²) in [5, 5.41) is 0.328. The van der Waals surface area contributed by atoms with Gasteiger partial charge in [0.2, 0.25) is 0 Å². The number of alkyl halides is 6. The molecule has 4 rings (SSSR count). The van der Waals surface area contributed by atoms with Gasteiger partial charge in [0.1, 0.15) is 33.6 Å². The van der Waals surface area contributed by atoms with E-state index in [1.54, 1.807) is 0 Å². The van der Waals surface area contributed by atoms with E-state index in [1.807, 2.05) is 0 Å². The Morgan fingerprint density at radius 2 is 0.950 bits per heavy atom. The molecule has 0 bridgehead atoms. The first-order valence-corrected chi connectivity index (χ1v) is 18.8. The molecule has 60 heavy (non-hydrogen) atoms. The molecular weight excluding hydrogens is 993 g/mol. The van der Waals surface area contributed by atoms with E-state index >= 15 is 0 Å². The highest BCUT2D eigenvalue weighted by Gasteiger charge is 2.36. The van der Waals surface area contributed by atoms with E-state index in [4.69, 9.17) is 42.1 Å². The first-order chi connectivity index (χ1) is 27.9. The average molecular weight is 1020 g/mol. The van der Waals surface area contributed by atoms with E-state index in [2.05, 4.69) is 31.9 Å². The van der Waals surface area contributed by atoms with Crippen LogP contribution in [0.2, 0.25) is 10.0 Å². The lowest BCUT2D eigenvalue weighted by atomic mass is 10.1. The number of methoxy groups -OCH3 is 2. The van der Waals surface area contributed by atoms with Crippen LogP contribution in [0.4, 0.5) is 26.3 Å². The molecule has 0 unspecified atom stereocenters. The number of hydrogen-bond acceptors (Lipinski definition) is 10. The Labute approximate surface area is 361 Å². The van der Waals surface area contributed by atoms with Crippen LogP contribution in [-0.2, 0) is 55.0 Å². The summed E-state index contributed by atoms with van der Waals surface area (Å²) in [6, 6.07) is 8.47. The van der Waals surface area contributed by atoms with Gasteiger partial charge < -0.3 is 18.9 Å². The van der Waals surface area contributed by atoms with Crippen molar-refractivity contribution in [2.75, 3.05) is 40.6 Å². The number of benzene rings is 2. The lowest BCUT2D eigenvalue weighted by molar-refractivity contribution is -0.144. The molecule has 4 aromatic rings. The predicted molar refractivity (Wildman–Crippen MR) is 214 cm³/mol. The van der Waals surface area contributed by atoms with Crippen molar-refractivity contribution in [1.29, 1.82) is 0 Å². The standard InChI is InChI=1S/2C18H15BrClF3N2O5/c2*1-24-14(18(21,22)23)9-15(26)25(17(24)28)11-3-4-13(20)10(7-11)8-12(19)16(27)30-6-5-29-2/h2*3-4,7-9H,5-6H2,1-2H3/b2*12-8-. The molecule has 0 aliphatic heterocycles. The summed E-state index contributed by atoms with van der Waals surface area (Å²) >= 11 is 18.3. The van der Waals surface area contributed by atoms with Crippen molar-refractivity contribution in [2.45, 2.75) is 12.4 Å². The predicted octanol–water partition coefficient (Wildman–Crippen LogP) is 6.27. The summed E-state index contributed by atoms with van der Waals surface area (Å²) in [5.74, 6) is -1.42. The summed E-state index contributed by atoms with van der Waals surface area (Å²) < 4.78 is 99.2. The lowest BCUT2D eigenvalue weighted by Crippen LogP contribution is -2.40. The first-order valence-electron chi connectivity index (χ1n) is 16.4. The monoisotopic (exact) mass is 1020 g/mol. The van der Waals surface area contributed by atoms with Gasteiger partial charge in [0.25, 0.3) is 11.1 Å². The van der Waals surface area contributed by atoms with Gasteiger partial charge in [-0.15, -0.1) is 0 Å². The first kappa shape index (κ1) is 49.6. The summed E-state index contributed by atoms with van der Waals surface area (Å²) in [6.07, 6.45) is -7.15. The van der Waals surface area contributed by atoms with Crippen LogP contribution in [-0.4, -0.2) is 70.9 Å². The van der Waals surface area contributed by atoms with E-state index in [1.165, 1.54) is 62.8 Å². The molecule has 0 saturated carbocycles. The second kappa shape index (κ2) is 21.2. The molecule has 2 aromatic heterocycles. The number of nitrogens with zero attached hydrogens (tertiary/aromatic N) is 4. The van der Waals surface area contributed by atoms with Gasteiger partial charge >= 0.3 is 35.7 Å². The molecule has 324 valence electrons. The fourth-order valence-electron chi connectivity index (χ4n) is 4.80. The van der Waals surface area contributed by atoms with Gasteiger partial charge in [0.15, 0.2) is 0 Å². The zero-order valence-corrected chi connectivity index (χ0v) is 35.9. The summed E-state index contributed by atoms with van der Waals surface area (Å²) in [6.45, 7) is 0.427. The number of carbonyl (C=O) groups is 2. The Morgan fingerprint density at radius 1 is 0.617 bits per heavy atom. The number of rotatable bonds is 12. The van der Waals surface area contributed by atoms with Crippen molar-refractivity contribution in [3.8, 4) is 11.4 Å². The SMILES string of the molecule is COCCOC(=O)/C(Br)=C/c1cc(-n2c(=O)cc(C(F)(F)F)n(C)c2=O)ccc1Cl.COCCOC(=O)/C(Br)=C/c1cc(-n2c(=O)cc(C(F)(F)F)n(C)c2=O)ccc1Cl. The Hall–Kier alpha value is -4.74. The lowest BCUT2D eigenvalue weighted by Gasteiger charge is -2.14. The van der Waals surface area contributed by atoms with Crippen LogP contribution in [0.5, 0.6) is 0 Å². The number of halogens is 10. The minimum atomic E-state index is -4.87. The molecule has 0 N–H and O–H groups in total. The number of carbonyl (C=O) groups excluding carboxylic acids is 2. The van der Waals surface area contributed by atoms with Gasteiger partial charge in [-0.3, -0.25) is 18.7 Å². The van der Waals surface area contributed by atoms with E-state index in [9.17, 15) is 55.1 Å². The van der Waals surface area contributed by atoms with Crippen LogP contribution in [0.1, 0.15) is 22.5 Å². The number of hydrogen-bond donors (Lipinski definition) is 0. The third kappa shape index (κ3) is 12.6. The van der Waals surface area contributed by atoms with E-state index < -0.39 is 58.2 Å². The molecule has 14 nitrogen and oxygen atoms in total. The Bertz CT molecular complexity index is 2390. The second-order valence-corrected chi connectivity index (χ2v) is 14.3. The maximum atomic E-state index is 13.0. The van der Waals surface area contributed by atoms with E-state index in [0.29, 0.717) is 30.4 Å². The normalized spacial score (nSPS) is 12.2. The number of aromatic nitrogens is 4. The summed E-state index contributed by atoms with van der Waals surface area (Å²) in [4.78, 5) is 73.1. The van der Waals surface area contributed by atoms with Gasteiger partial charge in [-0.1, -0.05) is 23.2 Å². The van der Waals surface area contributed by atoms with Gasteiger partial charge in [0.05, 0.1) is 24.6 Å². The molecule has 2 aromatic carbocycles. The van der Waals surface area contributed by atoms with Gasteiger partial charge in [-0.25, -0.2) is 28.3 Å². The van der Waals surface area contributed by atoms with Gasteiger partial charge in [-0.2, -0.15) is 26.3 Å². The molecule has 0 spiro atoms. The molecular formula is C36H30Br2Cl2F6N4O10. The Balaban J connectivity index is 0.000000320.